The molecule has 0 aromatic heterocycles. The highest BCUT2D eigenvalue weighted by molar-refractivity contribution is 6.31. The van der Waals surface area contributed by atoms with E-state index in [1.54, 1.807) is 0 Å². The van der Waals surface area contributed by atoms with Crippen molar-refractivity contribution in [2.75, 3.05) is 14.1 Å². The average Bonchev–Trinajstić information content (AvgIpc) is 2.35. The van der Waals surface area contributed by atoms with Crippen LogP contribution in [0.3, 0.4) is 0 Å². The smallest absolute Gasteiger partial charge is 0.106 e. The van der Waals surface area contributed by atoms with E-state index in [0.29, 0.717) is 0 Å². The maximum atomic E-state index is 6.23. The second-order valence-corrected chi connectivity index (χ2v) is 6.25. The van der Waals surface area contributed by atoms with Crippen LogP contribution in [0.4, 0.5) is 0 Å². The second-order valence-electron chi connectivity index (χ2n) is 5.43. The number of halogens is 3. The highest BCUT2D eigenvalue weighted by atomic mass is 79.9. The molecule has 0 aliphatic heterocycles. The molecule has 0 spiro atoms. The molecule has 0 amide bonds. The molecule has 20 heavy (non-hydrogen) atoms. The zero-order valence-electron chi connectivity index (χ0n) is 11.6. The molecule has 0 unspecified atom stereocenters. The van der Waals surface area contributed by atoms with Crippen LogP contribution in [0.25, 0.3) is 0 Å². The van der Waals surface area contributed by atoms with Gasteiger partial charge in [0.2, 0.25) is 0 Å². The average molecular weight is 375 g/mol. The predicted molar refractivity (Wildman–Crippen MR) is 82.4 cm³/mol. The summed E-state index contributed by atoms with van der Waals surface area (Å²) in [5, 5.41) is 1.65. The lowest BCUT2D eigenvalue weighted by atomic mass is 10.1. The number of hydrogen-bond donors (Lipinski definition) is 0. The Morgan fingerprint density at radius 2 is 1.10 bits per heavy atom. The zero-order valence-corrected chi connectivity index (χ0v) is 14.7. The predicted octanol–water partition coefficient (Wildman–Crippen LogP) is 1.77. The summed E-state index contributed by atoms with van der Waals surface area (Å²) >= 11 is 12.5. The lowest BCUT2D eigenvalue weighted by Gasteiger charge is -2.30. The lowest BCUT2D eigenvalue weighted by Crippen LogP contribution is -3.00. The summed E-state index contributed by atoms with van der Waals surface area (Å²) in [5.41, 5.74) is 2.34. The summed E-state index contributed by atoms with van der Waals surface area (Å²) in [5.74, 6) is 0. The van der Waals surface area contributed by atoms with Gasteiger partial charge in [-0.2, -0.15) is 0 Å². The SMILES string of the molecule is C[N+](C)(Cc1ccccc1Cl)Cc1ccccc1Cl.[Br-]. The Bertz CT molecular complexity index is 520. The van der Waals surface area contributed by atoms with E-state index in [1.165, 1.54) is 11.1 Å². The summed E-state index contributed by atoms with van der Waals surface area (Å²) in [6, 6.07) is 16.0. The number of nitrogens with zero attached hydrogens (tertiary/aromatic N) is 1. The first kappa shape index (κ1) is 17.5. The van der Waals surface area contributed by atoms with Crippen molar-refractivity contribution in [2.45, 2.75) is 13.1 Å². The molecule has 2 aromatic rings. The van der Waals surface area contributed by atoms with Gasteiger partial charge in [0.1, 0.15) is 13.1 Å². The van der Waals surface area contributed by atoms with Gasteiger partial charge in [0.05, 0.1) is 14.1 Å². The molecule has 0 atom stereocenters. The van der Waals surface area contributed by atoms with Crippen molar-refractivity contribution in [1.82, 2.24) is 0 Å². The highest BCUT2D eigenvalue weighted by Gasteiger charge is 2.19. The minimum absolute atomic E-state index is 0. The van der Waals surface area contributed by atoms with Gasteiger partial charge in [-0.3, -0.25) is 0 Å². The monoisotopic (exact) mass is 373 g/mol. The second kappa shape index (κ2) is 7.46. The van der Waals surface area contributed by atoms with E-state index in [1.807, 2.05) is 36.4 Å². The van der Waals surface area contributed by atoms with Gasteiger partial charge in [0.15, 0.2) is 0 Å². The summed E-state index contributed by atoms with van der Waals surface area (Å²) in [7, 11) is 4.37. The van der Waals surface area contributed by atoms with E-state index < -0.39 is 0 Å². The molecule has 0 aliphatic rings. The minimum atomic E-state index is 0. The molecule has 108 valence electrons. The zero-order chi connectivity index (χ0) is 13.9. The molecule has 2 rings (SSSR count). The molecule has 0 aliphatic carbocycles. The van der Waals surface area contributed by atoms with Gasteiger partial charge in [0, 0.05) is 21.2 Å². The third kappa shape index (κ3) is 4.78. The molecule has 2 aromatic carbocycles. The van der Waals surface area contributed by atoms with Crippen molar-refractivity contribution in [3.63, 3.8) is 0 Å². The van der Waals surface area contributed by atoms with Gasteiger partial charge in [-0.05, 0) is 12.1 Å². The molecule has 0 bridgehead atoms. The molecule has 0 saturated carbocycles. The molecule has 0 radical (unpaired) electrons. The lowest BCUT2D eigenvalue weighted by molar-refractivity contribution is -0.916. The Morgan fingerprint density at radius 1 is 0.750 bits per heavy atom. The molecule has 0 N–H and O–H groups in total. The van der Waals surface area contributed by atoms with Crippen LogP contribution in [-0.2, 0) is 13.1 Å². The Labute approximate surface area is 141 Å². The van der Waals surface area contributed by atoms with E-state index in [-0.39, 0.29) is 17.0 Å². The van der Waals surface area contributed by atoms with Gasteiger partial charge in [-0.25, -0.2) is 0 Å². The van der Waals surface area contributed by atoms with Gasteiger partial charge in [-0.15, -0.1) is 0 Å². The van der Waals surface area contributed by atoms with Crippen molar-refractivity contribution >= 4 is 23.2 Å². The Hall–Kier alpha value is -0.540. The fraction of sp³-hybridized carbons (Fsp3) is 0.250. The van der Waals surface area contributed by atoms with E-state index in [2.05, 4.69) is 26.2 Å². The van der Waals surface area contributed by atoms with Gasteiger partial charge >= 0.3 is 0 Å². The molecule has 0 saturated heterocycles. The summed E-state index contributed by atoms with van der Waals surface area (Å²) in [4.78, 5) is 0. The topological polar surface area (TPSA) is 0 Å². The first-order valence-electron chi connectivity index (χ1n) is 6.27. The summed E-state index contributed by atoms with van der Waals surface area (Å²) < 4.78 is 0.813. The van der Waals surface area contributed by atoms with E-state index in [4.69, 9.17) is 23.2 Å². The molecule has 1 nitrogen and oxygen atoms in total. The van der Waals surface area contributed by atoms with Crippen molar-refractivity contribution in [2.24, 2.45) is 0 Å². The van der Waals surface area contributed by atoms with E-state index in [0.717, 1.165) is 27.6 Å². The fourth-order valence-corrected chi connectivity index (χ4v) is 2.62. The largest absolute Gasteiger partial charge is 1.00 e. The van der Waals surface area contributed by atoms with Crippen molar-refractivity contribution in [1.29, 1.82) is 0 Å². The van der Waals surface area contributed by atoms with E-state index in [9.17, 15) is 0 Å². The molecule has 0 heterocycles. The van der Waals surface area contributed by atoms with Crippen LogP contribution >= 0.6 is 23.2 Å². The van der Waals surface area contributed by atoms with Gasteiger partial charge in [-0.1, -0.05) is 59.6 Å². The van der Waals surface area contributed by atoms with Crippen molar-refractivity contribution in [3.05, 3.63) is 69.7 Å². The van der Waals surface area contributed by atoms with Crippen LogP contribution in [-0.4, -0.2) is 18.6 Å². The molecule has 4 heteroatoms. The third-order valence-electron chi connectivity index (χ3n) is 3.11. The van der Waals surface area contributed by atoms with Crippen LogP contribution in [0.2, 0.25) is 10.0 Å². The third-order valence-corrected chi connectivity index (χ3v) is 3.85. The first-order valence-corrected chi connectivity index (χ1v) is 7.02. The summed E-state index contributed by atoms with van der Waals surface area (Å²) in [6.45, 7) is 1.76. The maximum Gasteiger partial charge on any atom is 0.106 e. The minimum Gasteiger partial charge on any atom is -1.00 e. The summed E-state index contributed by atoms with van der Waals surface area (Å²) in [6.07, 6.45) is 0. The van der Waals surface area contributed by atoms with Crippen LogP contribution in [0.1, 0.15) is 11.1 Å². The number of quaternary nitrogens is 1. The molecular formula is C16H18BrCl2N. The molecule has 0 fully saturated rings. The van der Waals surface area contributed by atoms with Crippen LogP contribution < -0.4 is 17.0 Å². The Balaban J connectivity index is 0.00000200. The molecular weight excluding hydrogens is 357 g/mol. The van der Waals surface area contributed by atoms with Crippen LogP contribution in [0, 0.1) is 0 Å². The number of benzene rings is 2. The van der Waals surface area contributed by atoms with Gasteiger partial charge in [0.25, 0.3) is 0 Å². The Morgan fingerprint density at radius 3 is 1.45 bits per heavy atom. The highest BCUT2D eigenvalue weighted by Crippen LogP contribution is 2.23. The maximum absolute atomic E-state index is 6.23. The first-order chi connectivity index (χ1) is 8.98. The quantitative estimate of drug-likeness (QED) is 0.715. The standard InChI is InChI=1S/C16H18Cl2N.BrH/c1-19(2,11-13-7-3-5-9-15(13)17)12-14-8-4-6-10-16(14)18;/h3-10H,11-12H2,1-2H3;1H/q+1;/p-1. The van der Waals surface area contributed by atoms with Crippen molar-refractivity contribution < 1.29 is 21.5 Å². The van der Waals surface area contributed by atoms with Crippen LogP contribution in [0.5, 0.6) is 0 Å². The fourth-order valence-electron chi connectivity index (χ4n) is 2.23. The normalized spacial score (nSPS) is 11.0. The van der Waals surface area contributed by atoms with Gasteiger partial charge < -0.3 is 21.5 Å². The van der Waals surface area contributed by atoms with Crippen LogP contribution in [0.15, 0.2) is 48.5 Å². The Kier molecular flexibility index (Phi) is 6.53. The van der Waals surface area contributed by atoms with Crippen molar-refractivity contribution in [3.8, 4) is 0 Å². The van der Waals surface area contributed by atoms with E-state index >= 15 is 0 Å². The number of rotatable bonds is 4. The number of hydrogen-bond acceptors (Lipinski definition) is 0.